The lowest BCUT2D eigenvalue weighted by Crippen LogP contribution is -2.19. The molecule has 2 aromatic rings. The molecule has 0 aliphatic rings. The van der Waals surface area contributed by atoms with E-state index in [0.717, 1.165) is 17.0 Å². The van der Waals surface area contributed by atoms with E-state index in [-0.39, 0.29) is 6.04 Å². The van der Waals surface area contributed by atoms with Crippen molar-refractivity contribution in [2.45, 2.75) is 13.0 Å². The van der Waals surface area contributed by atoms with Crippen LogP contribution in [0.4, 0.5) is 0 Å². The van der Waals surface area contributed by atoms with Crippen LogP contribution in [0.5, 0.6) is 11.6 Å². The van der Waals surface area contributed by atoms with Crippen molar-refractivity contribution < 1.29 is 9.47 Å². The molecule has 6 nitrogen and oxygen atoms in total. The standard InChI is InChI=1S/C14H18N4O2/c1-4-20-11-5-10(7-16-8-11)14(15-2)12-6-13(19-3)18-9-17-12/h5-9,14-15H,4H2,1-3H3. The minimum Gasteiger partial charge on any atom is -0.492 e. The van der Waals surface area contributed by atoms with E-state index in [1.54, 1.807) is 25.6 Å². The summed E-state index contributed by atoms with van der Waals surface area (Å²) in [7, 11) is 3.45. The number of nitrogens with zero attached hydrogens (tertiary/aromatic N) is 3. The van der Waals surface area contributed by atoms with Gasteiger partial charge in [-0.15, -0.1) is 0 Å². The van der Waals surface area contributed by atoms with Crippen molar-refractivity contribution in [2.75, 3.05) is 20.8 Å². The lowest BCUT2D eigenvalue weighted by molar-refractivity contribution is 0.338. The van der Waals surface area contributed by atoms with Gasteiger partial charge in [0.05, 0.1) is 31.6 Å². The second-order valence-corrected chi connectivity index (χ2v) is 4.09. The zero-order valence-electron chi connectivity index (χ0n) is 11.8. The first-order valence-corrected chi connectivity index (χ1v) is 6.39. The van der Waals surface area contributed by atoms with Gasteiger partial charge in [-0.2, -0.15) is 0 Å². The molecule has 0 radical (unpaired) electrons. The Labute approximate surface area is 118 Å². The van der Waals surface area contributed by atoms with E-state index in [1.807, 2.05) is 20.0 Å². The quantitative estimate of drug-likeness (QED) is 0.862. The van der Waals surface area contributed by atoms with Crippen molar-refractivity contribution in [1.29, 1.82) is 0 Å². The highest BCUT2D eigenvalue weighted by molar-refractivity contribution is 5.32. The van der Waals surface area contributed by atoms with Crippen LogP contribution in [-0.4, -0.2) is 35.7 Å². The molecule has 2 aromatic heterocycles. The smallest absolute Gasteiger partial charge is 0.216 e. The number of methoxy groups -OCH3 is 1. The topological polar surface area (TPSA) is 69.2 Å². The number of hydrogen-bond acceptors (Lipinski definition) is 6. The first-order valence-electron chi connectivity index (χ1n) is 6.39. The number of aromatic nitrogens is 3. The highest BCUT2D eigenvalue weighted by Crippen LogP contribution is 2.24. The predicted octanol–water partition coefficient (Wildman–Crippen LogP) is 1.59. The maximum absolute atomic E-state index is 5.47. The molecule has 0 saturated heterocycles. The Balaban J connectivity index is 2.33. The van der Waals surface area contributed by atoms with Crippen LogP contribution >= 0.6 is 0 Å². The van der Waals surface area contributed by atoms with E-state index in [4.69, 9.17) is 9.47 Å². The molecule has 0 aromatic carbocycles. The van der Waals surface area contributed by atoms with Gasteiger partial charge in [0.1, 0.15) is 12.1 Å². The Kier molecular flexibility index (Phi) is 4.84. The second kappa shape index (κ2) is 6.81. The van der Waals surface area contributed by atoms with Crippen LogP contribution in [-0.2, 0) is 0 Å². The van der Waals surface area contributed by atoms with Crippen LogP contribution in [0.25, 0.3) is 0 Å². The first-order chi connectivity index (χ1) is 9.78. The number of rotatable bonds is 6. The van der Waals surface area contributed by atoms with Gasteiger partial charge in [-0.05, 0) is 25.6 Å². The molecule has 2 heterocycles. The van der Waals surface area contributed by atoms with E-state index in [1.165, 1.54) is 6.33 Å². The van der Waals surface area contributed by atoms with Crippen molar-refractivity contribution in [3.8, 4) is 11.6 Å². The van der Waals surface area contributed by atoms with Gasteiger partial charge >= 0.3 is 0 Å². The fraction of sp³-hybridized carbons (Fsp3) is 0.357. The van der Waals surface area contributed by atoms with Gasteiger partial charge in [0, 0.05) is 12.3 Å². The molecule has 1 atom stereocenters. The molecule has 2 rings (SSSR count). The lowest BCUT2D eigenvalue weighted by atomic mass is 10.1. The molecule has 0 aliphatic heterocycles. The Bertz CT molecular complexity index is 562. The van der Waals surface area contributed by atoms with Gasteiger partial charge in [-0.1, -0.05) is 0 Å². The molecule has 0 fully saturated rings. The van der Waals surface area contributed by atoms with Crippen LogP contribution in [0.15, 0.2) is 30.9 Å². The van der Waals surface area contributed by atoms with Gasteiger partial charge in [0.15, 0.2) is 0 Å². The molecule has 0 amide bonds. The van der Waals surface area contributed by atoms with Gasteiger partial charge in [-0.3, -0.25) is 4.98 Å². The molecule has 0 saturated carbocycles. The minimum absolute atomic E-state index is 0.0974. The van der Waals surface area contributed by atoms with Gasteiger partial charge < -0.3 is 14.8 Å². The molecular formula is C14H18N4O2. The summed E-state index contributed by atoms with van der Waals surface area (Å²) in [5.41, 5.74) is 1.79. The summed E-state index contributed by atoms with van der Waals surface area (Å²) in [6.07, 6.45) is 4.97. The first kappa shape index (κ1) is 14.2. The van der Waals surface area contributed by atoms with E-state index in [2.05, 4.69) is 20.3 Å². The highest BCUT2D eigenvalue weighted by atomic mass is 16.5. The van der Waals surface area contributed by atoms with Gasteiger partial charge in [-0.25, -0.2) is 9.97 Å². The molecule has 0 bridgehead atoms. The van der Waals surface area contributed by atoms with Gasteiger partial charge in [0.2, 0.25) is 5.88 Å². The lowest BCUT2D eigenvalue weighted by Gasteiger charge is -2.16. The summed E-state index contributed by atoms with van der Waals surface area (Å²) in [6, 6.07) is 3.65. The summed E-state index contributed by atoms with van der Waals surface area (Å²) < 4.78 is 10.6. The van der Waals surface area contributed by atoms with Crippen molar-refractivity contribution in [3.63, 3.8) is 0 Å². The van der Waals surface area contributed by atoms with Crippen LogP contribution in [0, 0.1) is 0 Å². The summed E-state index contributed by atoms with van der Waals surface area (Å²) in [5.74, 6) is 1.27. The zero-order valence-corrected chi connectivity index (χ0v) is 11.8. The van der Waals surface area contributed by atoms with Crippen LogP contribution in [0.3, 0.4) is 0 Å². The third kappa shape index (κ3) is 3.21. The number of nitrogens with one attached hydrogen (secondary N) is 1. The average Bonchev–Trinajstić information content (AvgIpc) is 2.49. The second-order valence-electron chi connectivity index (χ2n) is 4.09. The Morgan fingerprint density at radius 1 is 1.25 bits per heavy atom. The SMILES string of the molecule is CCOc1cncc(C(NC)c2cc(OC)ncn2)c1. The van der Waals surface area contributed by atoms with E-state index in [9.17, 15) is 0 Å². The van der Waals surface area contributed by atoms with E-state index in [0.29, 0.717) is 12.5 Å². The molecule has 1 N–H and O–H groups in total. The molecule has 0 aliphatic carbocycles. The molecule has 106 valence electrons. The number of pyridine rings is 1. The third-order valence-corrected chi connectivity index (χ3v) is 2.84. The summed E-state index contributed by atoms with van der Waals surface area (Å²) in [5, 5.41) is 3.21. The van der Waals surface area contributed by atoms with Crippen molar-refractivity contribution in [1.82, 2.24) is 20.3 Å². The Morgan fingerprint density at radius 3 is 2.80 bits per heavy atom. The summed E-state index contributed by atoms with van der Waals surface area (Å²) in [4.78, 5) is 12.5. The van der Waals surface area contributed by atoms with E-state index < -0.39 is 0 Å². The fourth-order valence-corrected chi connectivity index (χ4v) is 1.95. The normalized spacial score (nSPS) is 11.9. The van der Waals surface area contributed by atoms with Crippen molar-refractivity contribution in [2.24, 2.45) is 0 Å². The van der Waals surface area contributed by atoms with E-state index >= 15 is 0 Å². The van der Waals surface area contributed by atoms with Crippen molar-refractivity contribution >= 4 is 0 Å². The Morgan fingerprint density at radius 2 is 2.10 bits per heavy atom. The molecule has 20 heavy (non-hydrogen) atoms. The fourth-order valence-electron chi connectivity index (χ4n) is 1.95. The monoisotopic (exact) mass is 274 g/mol. The Hall–Kier alpha value is -2.21. The highest BCUT2D eigenvalue weighted by Gasteiger charge is 2.15. The summed E-state index contributed by atoms with van der Waals surface area (Å²) in [6.45, 7) is 2.55. The minimum atomic E-state index is -0.0974. The average molecular weight is 274 g/mol. The predicted molar refractivity (Wildman–Crippen MR) is 74.9 cm³/mol. The van der Waals surface area contributed by atoms with Crippen molar-refractivity contribution in [3.05, 3.63) is 42.1 Å². The largest absolute Gasteiger partial charge is 0.492 e. The number of hydrogen-bond donors (Lipinski definition) is 1. The number of ether oxygens (including phenoxy) is 2. The van der Waals surface area contributed by atoms with Crippen LogP contribution < -0.4 is 14.8 Å². The maximum atomic E-state index is 5.47. The molecular weight excluding hydrogens is 256 g/mol. The zero-order chi connectivity index (χ0) is 14.4. The van der Waals surface area contributed by atoms with Gasteiger partial charge in [0.25, 0.3) is 0 Å². The molecule has 0 spiro atoms. The third-order valence-electron chi connectivity index (χ3n) is 2.84. The summed E-state index contributed by atoms with van der Waals surface area (Å²) >= 11 is 0. The maximum Gasteiger partial charge on any atom is 0.216 e. The van der Waals surface area contributed by atoms with Crippen LogP contribution in [0.2, 0.25) is 0 Å². The molecule has 1 unspecified atom stereocenters. The molecule has 6 heteroatoms. The van der Waals surface area contributed by atoms with Crippen LogP contribution in [0.1, 0.15) is 24.2 Å².